The molecule has 1 aliphatic rings. The number of alkyl halides is 3. The first-order valence-electron chi connectivity index (χ1n) is 10.1. The van der Waals surface area contributed by atoms with Crippen LogP contribution in [0.15, 0.2) is 66.2 Å². The van der Waals surface area contributed by atoms with Crippen molar-refractivity contribution in [3.8, 4) is 11.5 Å². The van der Waals surface area contributed by atoms with Crippen LogP contribution in [0.1, 0.15) is 35.6 Å². The minimum absolute atomic E-state index is 0.00970. The lowest BCUT2D eigenvalue weighted by Gasteiger charge is -2.14. The van der Waals surface area contributed by atoms with Gasteiger partial charge in [0.25, 0.3) is 0 Å². The average molecular weight is 489 g/mol. The van der Waals surface area contributed by atoms with Crippen LogP contribution in [-0.2, 0) is 11.0 Å². The molecule has 1 aliphatic carbocycles. The molecular weight excluding hydrogens is 472 g/mol. The summed E-state index contributed by atoms with van der Waals surface area (Å²) in [6.45, 7) is 1.62. The number of fused-ring (bicyclic) bond motifs is 1. The molecule has 0 saturated heterocycles. The van der Waals surface area contributed by atoms with Crippen LogP contribution < -0.4 is 4.74 Å². The Balaban J connectivity index is 1.81. The molecule has 0 radical (unpaired) electrons. The smallest absolute Gasteiger partial charge is 0.417 e. The lowest BCUT2D eigenvalue weighted by molar-refractivity contribution is -0.138. The molecule has 0 aromatic heterocycles. The van der Waals surface area contributed by atoms with Gasteiger partial charge in [0.05, 0.1) is 12.0 Å². The lowest BCUT2D eigenvalue weighted by Crippen LogP contribution is -2.08. The standard InChI is InChI=1S/C26H17ClF4O3/c1-14-21(20-9-5-17(28)11-23(20)22(14)13-25(32)33)10-15-2-6-19(12-24(15)26(29,30)31)34-18-7-3-16(27)4-8-18/h2-12H,13H2,1H3,(H,32,33). The Morgan fingerprint density at radius 1 is 1.00 bits per heavy atom. The summed E-state index contributed by atoms with van der Waals surface area (Å²) >= 11 is 5.83. The lowest BCUT2D eigenvalue weighted by atomic mass is 9.98. The van der Waals surface area contributed by atoms with Gasteiger partial charge in [0.2, 0.25) is 0 Å². The maximum Gasteiger partial charge on any atom is 0.417 e. The number of rotatable bonds is 5. The number of hydrogen-bond acceptors (Lipinski definition) is 2. The highest BCUT2D eigenvalue weighted by Gasteiger charge is 2.34. The van der Waals surface area contributed by atoms with Gasteiger partial charge in [-0.3, -0.25) is 4.79 Å². The minimum atomic E-state index is -4.68. The molecule has 3 nitrogen and oxygen atoms in total. The zero-order chi connectivity index (χ0) is 24.6. The molecule has 0 fully saturated rings. The first-order valence-corrected chi connectivity index (χ1v) is 10.5. The van der Waals surface area contributed by atoms with Crippen molar-refractivity contribution in [3.63, 3.8) is 0 Å². The number of carboxylic acid groups (broad SMARTS) is 1. The highest BCUT2D eigenvalue weighted by Crippen LogP contribution is 2.45. The summed E-state index contributed by atoms with van der Waals surface area (Å²) in [4.78, 5) is 11.3. The Kier molecular flexibility index (Phi) is 6.23. The second-order valence-corrected chi connectivity index (χ2v) is 8.16. The van der Waals surface area contributed by atoms with E-state index in [1.807, 2.05) is 0 Å². The van der Waals surface area contributed by atoms with Crippen LogP contribution >= 0.6 is 11.6 Å². The molecular formula is C26H17ClF4O3. The Morgan fingerprint density at radius 3 is 2.32 bits per heavy atom. The van der Waals surface area contributed by atoms with Crippen LogP contribution in [-0.4, -0.2) is 11.1 Å². The summed E-state index contributed by atoms with van der Waals surface area (Å²) in [6.07, 6.45) is -3.72. The third kappa shape index (κ3) is 4.84. The first kappa shape index (κ1) is 23.6. The Hall–Kier alpha value is -3.58. The Morgan fingerprint density at radius 2 is 1.68 bits per heavy atom. The molecule has 34 heavy (non-hydrogen) atoms. The van der Waals surface area contributed by atoms with Crippen LogP contribution in [0.2, 0.25) is 5.02 Å². The second-order valence-electron chi connectivity index (χ2n) is 7.72. The van der Waals surface area contributed by atoms with Gasteiger partial charge in [-0.25, -0.2) is 4.39 Å². The van der Waals surface area contributed by atoms with E-state index in [4.69, 9.17) is 16.3 Å². The number of halogens is 5. The molecule has 1 N–H and O–H groups in total. The summed E-state index contributed by atoms with van der Waals surface area (Å²) in [5, 5.41) is 9.73. The molecule has 0 spiro atoms. The van der Waals surface area contributed by atoms with E-state index >= 15 is 0 Å². The van der Waals surface area contributed by atoms with Gasteiger partial charge in [0.15, 0.2) is 0 Å². The molecule has 0 unspecified atom stereocenters. The molecule has 3 aromatic rings. The van der Waals surface area contributed by atoms with Crippen molar-refractivity contribution >= 4 is 34.8 Å². The topological polar surface area (TPSA) is 46.5 Å². The van der Waals surface area contributed by atoms with Crippen LogP contribution in [0.25, 0.3) is 17.2 Å². The number of carboxylic acids is 1. The number of allylic oxidation sites excluding steroid dienone is 2. The summed E-state index contributed by atoms with van der Waals surface area (Å²) in [7, 11) is 0. The van der Waals surface area contributed by atoms with Crippen molar-refractivity contribution < 1.29 is 32.2 Å². The van der Waals surface area contributed by atoms with E-state index in [0.717, 1.165) is 6.07 Å². The average Bonchev–Trinajstić information content (AvgIpc) is 3.00. The zero-order valence-corrected chi connectivity index (χ0v) is 18.5. The number of aliphatic carboxylic acids is 1. The predicted octanol–water partition coefficient (Wildman–Crippen LogP) is 8.09. The molecule has 0 bridgehead atoms. The fourth-order valence-corrected chi connectivity index (χ4v) is 4.02. The molecule has 0 heterocycles. The van der Waals surface area contributed by atoms with E-state index in [9.17, 15) is 27.5 Å². The number of ether oxygens (including phenoxy) is 1. The van der Waals surface area contributed by atoms with Crippen LogP contribution in [0, 0.1) is 5.82 Å². The van der Waals surface area contributed by atoms with Crippen LogP contribution in [0.3, 0.4) is 0 Å². The molecule has 4 rings (SSSR count). The zero-order valence-electron chi connectivity index (χ0n) is 17.7. The summed E-state index contributed by atoms with van der Waals surface area (Å²) in [6, 6.07) is 13.6. The fourth-order valence-electron chi connectivity index (χ4n) is 3.90. The van der Waals surface area contributed by atoms with Gasteiger partial charge in [0.1, 0.15) is 17.3 Å². The van der Waals surface area contributed by atoms with E-state index in [1.54, 1.807) is 19.1 Å². The minimum Gasteiger partial charge on any atom is -0.481 e. The van der Waals surface area contributed by atoms with Crippen LogP contribution in [0.5, 0.6) is 11.5 Å². The molecule has 0 aliphatic heterocycles. The monoisotopic (exact) mass is 488 g/mol. The quantitative estimate of drug-likeness (QED) is 0.369. The number of benzene rings is 3. The van der Waals surface area contributed by atoms with Crippen molar-refractivity contribution in [2.45, 2.75) is 19.5 Å². The Bertz CT molecular complexity index is 1340. The normalized spacial score (nSPS) is 14.5. The van der Waals surface area contributed by atoms with Gasteiger partial charge in [0, 0.05) is 5.02 Å². The van der Waals surface area contributed by atoms with E-state index in [1.165, 1.54) is 48.5 Å². The van der Waals surface area contributed by atoms with Gasteiger partial charge >= 0.3 is 12.1 Å². The molecule has 8 heteroatoms. The summed E-state index contributed by atoms with van der Waals surface area (Å²) < 4.78 is 61.3. The number of hydrogen-bond donors (Lipinski definition) is 1. The fraction of sp³-hybridized carbons (Fsp3) is 0.115. The maximum atomic E-state index is 13.9. The highest BCUT2D eigenvalue weighted by atomic mass is 35.5. The first-order chi connectivity index (χ1) is 16.0. The summed E-state index contributed by atoms with van der Waals surface area (Å²) in [5.74, 6) is -1.36. The molecule has 0 atom stereocenters. The third-order valence-electron chi connectivity index (χ3n) is 5.46. The second kappa shape index (κ2) is 8.99. The predicted molar refractivity (Wildman–Crippen MR) is 122 cm³/mol. The van der Waals surface area contributed by atoms with E-state index < -0.39 is 23.5 Å². The van der Waals surface area contributed by atoms with Crippen molar-refractivity contribution in [3.05, 3.63) is 99.3 Å². The summed E-state index contributed by atoms with van der Waals surface area (Å²) in [5.41, 5.74) is 1.05. The molecule has 174 valence electrons. The van der Waals surface area contributed by atoms with Gasteiger partial charge in [-0.1, -0.05) is 23.7 Å². The van der Waals surface area contributed by atoms with Crippen molar-refractivity contribution in [2.24, 2.45) is 0 Å². The molecule has 0 saturated carbocycles. The number of carbonyl (C=O) groups is 1. The van der Waals surface area contributed by atoms with Gasteiger partial charge < -0.3 is 9.84 Å². The molecule has 3 aromatic carbocycles. The maximum absolute atomic E-state index is 13.9. The van der Waals surface area contributed by atoms with Gasteiger partial charge in [-0.05, 0) is 94.9 Å². The van der Waals surface area contributed by atoms with Crippen LogP contribution in [0.4, 0.5) is 17.6 Å². The molecule has 0 amide bonds. The Labute approximate surface area is 197 Å². The van der Waals surface area contributed by atoms with Gasteiger partial charge in [-0.15, -0.1) is 0 Å². The van der Waals surface area contributed by atoms with E-state index in [-0.39, 0.29) is 17.7 Å². The van der Waals surface area contributed by atoms with Crippen molar-refractivity contribution in [2.75, 3.05) is 0 Å². The highest BCUT2D eigenvalue weighted by molar-refractivity contribution is 6.30. The SMILES string of the molecule is CC1=C(CC(=O)O)c2cc(F)ccc2C1=Cc1ccc(Oc2ccc(Cl)cc2)cc1C(F)(F)F. The largest absolute Gasteiger partial charge is 0.481 e. The van der Waals surface area contributed by atoms with Crippen molar-refractivity contribution in [1.29, 1.82) is 0 Å². The van der Waals surface area contributed by atoms with E-state index in [0.29, 0.717) is 38.6 Å². The van der Waals surface area contributed by atoms with E-state index in [2.05, 4.69) is 0 Å². The van der Waals surface area contributed by atoms with Crippen molar-refractivity contribution in [1.82, 2.24) is 0 Å². The third-order valence-corrected chi connectivity index (χ3v) is 5.71. The van der Waals surface area contributed by atoms with Gasteiger partial charge in [-0.2, -0.15) is 13.2 Å².